The van der Waals surface area contributed by atoms with Gasteiger partial charge < -0.3 is 4.90 Å². The van der Waals surface area contributed by atoms with E-state index in [1.54, 1.807) is 9.80 Å². The average molecular weight is 411 g/mol. The SMILES string of the molecule is CCCN1C(=O)C(=C2C(=O)N(CC)c3ccc(Br)cc32)SC1=S. The lowest BCUT2D eigenvalue weighted by Gasteiger charge is -2.13. The molecule has 0 unspecified atom stereocenters. The standard InChI is InChI=1S/C16H15BrN2O2S2/c1-3-7-19-15(21)13(23-16(19)22)12-10-8-9(17)5-6-11(10)18(4-2)14(12)20/h5-6,8H,3-4,7H2,1-2H3. The van der Waals surface area contributed by atoms with Crippen molar-refractivity contribution in [2.24, 2.45) is 0 Å². The van der Waals surface area contributed by atoms with Crippen LogP contribution in [0.2, 0.25) is 0 Å². The van der Waals surface area contributed by atoms with Gasteiger partial charge in [-0.1, -0.05) is 46.8 Å². The minimum absolute atomic E-state index is 0.127. The molecule has 0 spiro atoms. The van der Waals surface area contributed by atoms with E-state index in [9.17, 15) is 9.59 Å². The molecule has 4 nitrogen and oxygen atoms in total. The third-order valence-electron chi connectivity index (χ3n) is 3.82. The van der Waals surface area contributed by atoms with Gasteiger partial charge in [-0.05, 0) is 31.5 Å². The number of hydrogen-bond donors (Lipinski definition) is 0. The first-order valence-electron chi connectivity index (χ1n) is 7.39. The fraction of sp³-hybridized carbons (Fsp3) is 0.312. The van der Waals surface area contributed by atoms with Crippen molar-refractivity contribution in [2.75, 3.05) is 18.0 Å². The summed E-state index contributed by atoms with van der Waals surface area (Å²) in [5.74, 6) is -0.285. The molecule has 1 aromatic rings. The van der Waals surface area contributed by atoms with Gasteiger partial charge in [-0.3, -0.25) is 14.5 Å². The number of amides is 2. The molecule has 0 atom stereocenters. The summed E-state index contributed by atoms with van der Waals surface area (Å²) in [7, 11) is 0. The maximum Gasteiger partial charge on any atom is 0.267 e. The number of hydrogen-bond acceptors (Lipinski definition) is 4. The monoisotopic (exact) mass is 410 g/mol. The van der Waals surface area contributed by atoms with Crippen molar-refractivity contribution in [3.05, 3.63) is 33.1 Å². The van der Waals surface area contributed by atoms with E-state index in [-0.39, 0.29) is 11.8 Å². The lowest BCUT2D eigenvalue weighted by molar-refractivity contribution is -0.122. The van der Waals surface area contributed by atoms with Crippen LogP contribution in [0.3, 0.4) is 0 Å². The number of anilines is 1. The van der Waals surface area contributed by atoms with E-state index in [1.165, 1.54) is 11.8 Å². The molecule has 0 bridgehead atoms. The zero-order valence-electron chi connectivity index (χ0n) is 12.8. The van der Waals surface area contributed by atoms with Crippen LogP contribution in [0, 0.1) is 0 Å². The molecule has 1 fully saturated rings. The Morgan fingerprint density at radius 2 is 1.91 bits per heavy atom. The molecule has 2 aliphatic heterocycles. The van der Waals surface area contributed by atoms with E-state index in [0.717, 1.165) is 22.1 Å². The van der Waals surface area contributed by atoms with Gasteiger partial charge in [0.15, 0.2) is 0 Å². The van der Waals surface area contributed by atoms with Crippen LogP contribution >= 0.6 is 39.9 Å². The fourth-order valence-corrected chi connectivity index (χ4v) is 4.54. The molecule has 0 saturated carbocycles. The summed E-state index contributed by atoms with van der Waals surface area (Å²) in [5, 5.41) is 0. The lowest BCUT2D eigenvalue weighted by Crippen LogP contribution is -2.29. The van der Waals surface area contributed by atoms with Gasteiger partial charge in [0, 0.05) is 23.1 Å². The second-order valence-electron chi connectivity index (χ2n) is 5.24. The van der Waals surface area contributed by atoms with Gasteiger partial charge in [-0.25, -0.2) is 0 Å². The predicted octanol–water partition coefficient (Wildman–Crippen LogP) is 3.80. The minimum Gasteiger partial charge on any atom is -0.308 e. The van der Waals surface area contributed by atoms with E-state index >= 15 is 0 Å². The summed E-state index contributed by atoms with van der Waals surface area (Å²) < 4.78 is 1.40. The number of carbonyl (C=O) groups excluding carboxylic acids is 2. The molecular weight excluding hydrogens is 396 g/mol. The molecule has 7 heteroatoms. The van der Waals surface area contributed by atoms with Crippen LogP contribution in [0.1, 0.15) is 25.8 Å². The van der Waals surface area contributed by atoms with E-state index in [4.69, 9.17) is 12.2 Å². The maximum absolute atomic E-state index is 12.8. The Morgan fingerprint density at radius 3 is 2.57 bits per heavy atom. The van der Waals surface area contributed by atoms with E-state index < -0.39 is 0 Å². The number of likely N-dealkylation sites (N-methyl/N-ethyl adjacent to an activating group) is 1. The highest BCUT2D eigenvalue weighted by molar-refractivity contribution is 9.10. The van der Waals surface area contributed by atoms with Gasteiger partial charge in [0.25, 0.3) is 11.8 Å². The molecule has 120 valence electrons. The second kappa shape index (κ2) is 6.37. The van der Waals surface area contributed by atoms with Crippen LogP contribution < -0.4 is 4.90 Å². The van der Waals surface area contributed by atoms with Gasteiger partial charge in [0.05, 0.1) is 16.2 Å². The molecule has 2 heterocycles. The first kappa shape index (κ1) is 16.7. The summed E-state index contributed by atoms with van der Waals surface area (Å²) in [5.41, 5.74) is 2.11. The number of thiocarbonyl (C=S) groups is 1. The number of thioether (sulfide) groups is 1. The van der Waals surface area contributed by atoms with Gasteiger partial charge in [0.2, 0.25) is 0 Å². The quantitative estimate of drug-likeness (QED) is 0.561. The van der Waals surface area contributed by atoms with Crippen molar-refractivity contribution in [3.63, 3.8) is 0 Å². The van der Waals surface area contributed by atoms with E-state index in [0.29, 0.717) is 27.9 Å². The summed E-state index contributed by atoms with van der Waals surface area (Å²) in [6.07, 6.45) is 0.826. The molecular formula is C16H15BrN2O2S2. The van der Waals surface area contributed by atoms with Crippen LogP contribution in [-0.4, -0.2) is 34.1 Å². The second-order valence-corrected chi connectivity index (χ2v) is 7.80. The van der Waals surface area contributed by atoms with Crippen molar-refractivity contribution in [1.82, 2.24) is 4.90 Å². The molecule has 0 aliphatic carbocycles. The van der Waals surface area contributed by atoms with Crippen molar-refractivity contribution in [1.29, 1.82) is 0 Å². The zero-order chi connectivity index (χ0) is 16.7. The highest BCUT2D eigenvalue weighted by atomic mass is 79.9. The topological polar surface area (TPSA) is 40.6 Å². The van der Waals surface area contributed by atoms with Crippen molar-refractivity contribution < 1.29 is 9.59 Å². The molecule has 2 aliphatic rings. The number of carbonyl (C=O) groups is 2. The molecule has 1 aromatic carbocycles. The van der Waals surface area contributed by atoms with Crippen molar-refractivity contribution in [2.45, 2.75) is 20.3 Å². The van der Waals surface area contributed by atoms with Gasteiger partial charge in [-0.2, -0.15) is 0 Å². The lowest BCUT2D eigenvalue weighted by atomic mass is 10.1. The fourth-order valence-electron chi connectivity index (χ4n) is 2.80. The Balaban J connectivity index is 2.17. The third kappa shape index (κ3) is 2.64. The maximum atomic E-state index is 12.8. The van der Waals surface area contributed by atoms with Crippen LogP contribution in [0.15, 0.2) is 27.6 Å². The van der Waals surface area contributed by atoms with Gasteiger partial charge >= 0.3 is 0 Å². The summed E-state index contributed by atoms with van der Waals surface area (Å²) in [6, 6.07) is 5.70. The van der Waals surface area contributed by atoms with Crippen LogP contribution in [0.25, 0.3) is 5.57 Å². The van der Waals surface area contributed by atoms with Crippen molar-refractivity contribution in [3.8, 4) is 0 Å². The number of halogens is 1. The van der Waals surface area contributed by atoms with Crippen molar-refractivity contribution >= 4 is 67.3 Å². The molecule has 2 amide bonds. The number of benzene rings is 1. The first-order valence-corrected chi connectivity index (χ1v) is 9.41. The van der Waals surface area contributed by atoms with E-state index in [1.807, 2.05) is 32.0 Å². The smallest absolute Gasteiger partial charge is 0.267 e. The minimum atomic E-state index is -0.158. The van der Waals surface area contributed by atoms with E-state index in [2.05, 4.69) is 15.9 Å². The molecule has 0 aromatic heterocycles. The Bertz CT molecular complexity index is 760. The predicted molar refractivity (Wildman–Crippen MR) is 101 cm³/mol. The highest BCUT2D eigenvalue weighted by Crippen LogP contribution is 2.45. The normalized spacial score (nSPS) is 20.7. The zero-order valence-corrected chi connectivity index (χ0v) is 16.0. The summed E-state index contributed by atoms with van der Waals surface area (Å²) >= 11 is 9.99. The number of rotatable bonds is 3. The summed E-state index contributed by atoms with van der Waals surface area (Å²) in [4.78, 5) is 29.3. The molecule has 0 radical (unpaired) electrons. The summed E-state index contributed by atoms with van der Waals surface area (Å²) in [6.45, 7) is 5.07. The largest absolute Gasteiger partial charge is 0.308 e. The van der Waals surface area contributed by atoms with Crippen LogP contribution in [0.4, 0.5) is 5.69 Å². The van der Waals surface area contributed by atoms with Gasteiger partial charge in [-0.15, -0.1) is 0 Å². The molecule has 3 rings (SSSR count). The third-order valence-corrected chi connectivity index (χ3v) is 5.76. The Kier molecular flexibility index (Phi) is 4.62. The highest BCUT2D eigenvalue weighted by Gasteiger charge is 2.41. The Hall–Kier alpha value is -1.18. The van der Waals surface area contributed by atoms with Gasteiger partial charge in [0.1, 0.15) is 4.32 Å². The number of nitrogens with zero attached hydrogens (tertiary/aromatic N) is 2. The Labute approximate surface area is 153 Å². The number of fused-ring (bicyclic) bond motifs is 1. The van der Waals surface area contributed by atoms with Crippen LogP contribution in [0.5, 0.6) is 0 Å². The Morgan fingerprint density at radius 1 is 1.17 bits per heavy atom. The molecule has 1 saturated heterocycles. The van der Waals surface area contributed by atoms with Crippen LogP contribution in [-0.2, 0) is 9.59 Å². The molecule has 23 heavy (non-hydrogen) atoms. The molecule has 0 N–H and O–H groups in total. The first-order chi connectivity index (χ1) is 11.0. The average Bonchev–Trinajstić information content (AvgIpc) is 2.94.